The van der Waals surface area contributed by atoms with Crippen molar-refractivity contribution in [3.63, 3.8) is 0 Å². The summed E-state index contributed by atoms with van der Waals surface area (Å²) in [5.74, 6) is -0.196. The number of nitrogens with zero attached hydrogens (tertiary/aromatic N) is 3. The second kappa shape index (κ2) is 7.36. The Morgan fingerprint density at radius 3 is 2.71 bits per heavy atom. The third kappa shape index (κ3) is 3.86. The first-order chi connectivity index (χ1) is 13.3. The van der Waals surface area contributed by atoms with Gasteiger partial charge in [0.05, 0.1) is 6.54 Å². The number of amides is 1. The molecule has 1 fully saturated rings. The van der Waals surface area contributed by atoms with Crippen molar-refractivity contribution in [1.82, 2.24) is 19.6 Å². The lowest BCUT2D eigenvalue weighted by atomic mass is 10.2. The molecule has 0 saturated heterocycles. The zero-order chi connectivity index (χ0) is 19.9. The molecule has 1 saturated carbocycles. The Labute approximate surface area is 167 Å². The summed E-state index contributed by atoms with van der Waals surface area (Å²) in [5.41, 5.74) is 0.971. The van der Waals surface area contributed by atoms with Crippen LogP contribution in [0.3, 0.4) is 0 Å². The number of fused-ring (bicyclic) bond motifs is 1. The second-order valence-corrected chi connectivity index (χ2v) is 8.90. The molecule has 4 rings (SSSR count). The Hall–Kier alpha value is -2.14. The summed E-state index contributed by atoms with van der Waals surface area (Å²) < 4.78 is 35.3. The first kappa shape index (κ1) is 19.2. The predicted molar refractivity (Wildman–Crippen MR) is 103 cm³/mol. The number of sulfonamides is 1. The van der Waals surface area contributed by atoms with Crippen LogP contribution in [-0.4, -0.2) is 50.4 Å². The fourth-order valence-corrected chi connectivity index (χ4v) is 4.51. The molecule has 1 aromatic heterocycles. The van der Waals surface area contributed by atoms with E-state index >= 15 is 0 Å². The van der Waals surface area contributed by atoms with Gasteiger partial charge < -0.3 is 19.5 Å². The van der Waals surface area contributed by atoms with Gasteiger partial charge in [-0.1, -0.05) is 23.7 Å². The number of imidazole rings is 1. The number of benzene rings is 1. The Kier molecular flexibility index (Phi) is 5.04. The molecule has 1 aliphatic heterocycles. The molecule has 0 bridgehead atoms. The van der Waals surface area contributed by atoms with Crippen molar-refractivity contribution in [2.24, 2.45) is 0 Å². The standard InChI is InChI=1S/C17H20ClN5O4S/c1-22-10-27-9-19-16(24)14-15(22)20-17(28(25,26)21-13-6-7-13)23(14)8-11-2-4-12(18)5-3-11/h2-5,13,21H,6-10H2,1H3,(H,19,24). The first-order valence-corrected chi connectivity index (χ1v) is 10.7. The van der Waals surface area contributed by atoms with Gasteiger partial charge in [-0.3, -0.25) is 4.79 Å². The molecule has 9 nitrogen and oxygen atoms in total. The van der Waals surface area contributed by atoms with E-state index in [1.54, 1.807) is 36.2 Å². The lowest BCUT2D eigenvalue weighted by Crippen LogP contribution is -2.36. The van der Waals surface area contributed by atoms with E-state index in [1.807, 2.05) is 0 Å². The quantitative estimate of drug-likeness (QED) is 0.744. The van der Waals surface area contributed by atoms with Crippen molar-refractivity contribution in [2.45, 2.75) is 30.6 Å². The maximum absolute atomic E-state index is 13.0. The normalized spacial score (nSPS) is 17.6. The molecule has 2 heterocycles. The predicted octanol–water partition coefficient (Wildman–Crippen LogP) is 1.14. The average molecular weight is 426 g/mol. The van der Waals surface area contributed by atoms with Crippen LogP contribution in [0, 0.1) is 0 Å². The van der Waals surface area contributed by atoms with Crippen LogP contribution < -0.4 is 14.9 Å². The summed E-state index contributed by atoms with van der Waals surface area (Å²) in [6, 6.07) is 6.92. The van der Waals surface area contributed by atoms with Crippen LogP contribution in [0.4, 0.5) is 5.82 Å². The fraction of sp³-hybridized carbons (Fsp3) is 0.412. The number of hydrogen-bond donors (Lipinski definition) is 2. The van der Waals surface area contributed by atoms with Gasteiger partial charge in [0.15, 0.2) is 11.5 Å². The molecule has 0 spiro atoms. The minimum Gasteiger partial charge on any atom is -0.341 e. The van der Waals surface area contributed by atoms with Gasteiger partial charge in [-0.05, 0) is 30.5 Å². The highest BCUT2D eigenvalue weighted by molar-refractivity contribution is 7.89. The number of hydrogen-bond acceptors (Lipinski definition) is 6. The molecule has 2 aromatic rings. The highest BCUT2D eigenvalue weighted by Crippen LogP contribution is 2.28. The lowest BCUT2D eigenvalue weighted by molar-refractivity contribution is 0.0768. The number of ether oxygens (including phenoxy) is 1. The van der Waals surface area contributed by atoms with Crippen molar-refractivity contribution in [3.8, 4) is 0 Å². The first-order valence-electron chi connectivity index (χ1n) is 8.79. The van der Waals surface area contributed by atoms with Gasteiger partial charge in [0, 0.05) is 18.1 Å². The van der Waals surface area contributed by atoms with Gasteiger partial charge >= 0.3 is 0 Å². The molecular formula is C17H20ClN5O4S. The maximum Gasteiger partial charge on any atom is 0.274 e. The topological polar surface area (TPSA) is 106 Å². The van der Waals surface area contributed by atoms with E-state index in [9.17, 15) is 13.2 Å². The Bertz CT molecular complexity index is 1000. The maximum atomic E-state index is 13.0. The summed E-state index contributed by atoms with van der Waals surface area (Å²) >= 11 is 5.95. The van der Waals surface area contributed by atoms with E-state index in [0.29, 0.717) is 5.02 Å². The van der Waals surface area contributed by atoms with Gasteiger partial charge in [-0.25, -0.2) is 13.1 Å². The molecule has 11 heteroatoms. The zero-order valence-corrected chi connectivity index (χ0v) is 16.8. The van der Waals surface area contributed by atoms with Crippen molar-refractivity contribution in [2.75, 3.05) is 25.4 Å². The van der Waals surface area contributed by atoms with E-state index < -0.39 is 15.9 Å². The van der Waals surface area contributed by atoms with Crippen molar-refractivity contribution < 1.29 is 17.9 Å². The Morgan fingerprint density at radius 2 is 2.04 bits per heavy atom. The number of carbonyl (C=O) groups is 1. The number of aromatic nitrogens is 2. The Morgan fingerprint density at radius 1 is 1.32 bits per heavy atom. The average Bonchev–Trinajstić information content (AvgIpc) is 3.36. The molecule has 28 heavy (non-hydrogen) atoms. The van der Waals surface area contributed by atoms with Crippen LogP contribution in [0.25, 0.3) is 0 Å². The fourth-order valence-electron chi connectivity index (χ4n) is 2.95. The zero-order valence-electron chi connectivity index (χ0n) is 15.2. The number of nitrogens with one attached hydrogen (secondary N) is 2. The van der Waals surface area contributed by atoms with Gasteiger partial charge in [0.1, 0.15) is 13.5 Å². The van der Waals surface area contributed by atoms with Crippen LogP contribution in [-0.2, 0) is 21.3 Å². The Balaban J connectivity index is 1.85. The number of halogens is 1. The highest BCUT2D eigenvalue weighted by atomic mass is 35.5. The third-order valence-electron chi connectivity index (χ3n) is 4.50. The summed E-state index contributed by atoms with van der Waals surface area (Å²) in [6.07, 6.45) is 1.59. The molecule has 150 valence electrons. The summed E-state index contributed by atoms with van der Waals surface area (Å²) in [7, 11) is -2.20. The van der Waals surface area contributed by atoms with Crippen LogP contribution >= 0.6 is 11.6 Å². The molecular weight excluding hydrogens is 406 g/mol. The largest absolute Gasteiger partial charge is 0.341 e. The van der Waals surface area contributed by atoms with Gasteiger partial charge in [-0.2, -0.15) is 4.98 Å². The van der Waals surface area contributed by atoms with E-state index in [-0.39, 0.29) is 42.7 Å². The van der Waals surface area contributed by atoms with Gasteiger partial charge in [0.2, 0.25) is 5.16 Å². The molecule has 1 amide bonds. The summed E-state index contributed by atoms with van der Waals surface area (Å²) in [4.78, 5) is 18.7. The summed E-state index contributed by atoms with van der Waals surface area (Å²) in [5, 5.41) is 3.01. The van der Waals surface area contributed by atoms with Crippen molar-refractivity contribution >= 4 is 33.3 Å². The minimum atomic E-state index is -3.89. The van der Waals surface area contributed by atoms with Crippen LogP contribution in [0.1, 0.15) is 28.9 Å². The molecule has 0 radical (unpaired) electrons. The van der Waals surface area contributed by atoms with Crippen LogP contribution in [0.15, 0.2) is 29.4 Å². The second-order valence-electron chi connectivity index (χ2n) is 6.86. The molecule has 0 atom stereocenters. The third-order valence-corrected chi connectivity index (χ3v) is 6.19. The van der Waals surface area contributed by atoms with E-state index in [2.05, 4.69) is 15.0 Å². The van der Waals surface area contributed by atoms with E-state index in [0.717, 1.165) is 18.4 Å². The number of anilines is 1. The van der Waals surface area contributed by atoms with Crippen LogP contribution in [0.2, 0.25) is 5.02 Å². The highest BCUT2D eigenvalue weighted by Gasteiger charge is 2.35. The molecule has 1 aromatic carbocycles. The lowest BCUT2D eigenvalue weighted by Gasteiger charge is -2.22. The van der Waals surface area contributed by atoms with Gasteiger partial charge in [0.25, 0.3) is 15.9 Å². The molecule has 2 aliphatic rings. The summed E-state index contributed by atoms with van der Waals surface area (Å²) in [6.45, 7) is 0.348. The monoisotopic (exact) mass is 425 g/mol. The minimum absolute atomic E-state index is 0.0249. The van der Waals surface area contributed by atoms with Crippen LogP contribution in [0.5, 0.6) is 0 Å². The smallest absolute Gasteiger partial charge is 0.274 e. The van der Waals surface area contributed by atoms with Crippen molar-refractivity contribution in [3.05, 3.63) is 40.5 Å². The van der Waals surface area contributed by atoms with E-state index in [1.165, 1.54) is 4.57 Å². The van der Waals surface area contributed by atoms with E-state index in [4.69, 9.17) is 16.3 Å². The number of carbonyl (C=O) groups excluding carboxylic acids is 1. The van der Waals surface area contributed by atoms with Crippen molar-refractivity contribution in [1.29, 1.82) is 0 Å². The molecule has 1 aliphatic carbocycles. The molecule has 2 N–H and O–H groups in total. The number of rotatable bonds is 5. The molecule has 0 unspecified atom stereocenters. The SMILES string of the molecule is CN1COCNC(=O)c2c1nc(S(=O)(=O)NC1CC1)n2Cc1ccc(Cl)cc1. The van der Waals surface area contributed by atoms with Gasteiger partial charge in [-0.15, -0.1) is 0 Å².